The van der Waals surface area contributed by atoms with Crippen LogP contribution in [0.15, 0.2) is 15.5 Å². The number of ether oxygens (including phenoxy) is 1. The van der Waals surface area contributed by atoms with E-state index in [1.165, 1.54) is 17.5 Å². The molecule has 6 nitrogen and oxygen atoms in total. The van der Waals surface area contributed by atoms with E-state index in [-0.39, 0.29) is 12.2 Å². The predicted molar refractivity (Wildman–Crippen MR) is 82.4 cm³/mol. The van der Waals surface area contributed by atoms with Crippen molar-refractivity contribution in [3.05, 3.63) is 21.0 Å². The molecule has 0 spiro atoms. The third-order valence-electron chi connectivity index (χ3n) is 4.27. The van der Waals surface area contributed by atoms with Crippen LogP contribution < -0.4 is 10.9 Å². The van der Waals surface area contributed by atoms with Gasteiger partial charge in [-0.2, -0.15) is 5.10 Å². The van der Waals surface area contributed by atoms with Gasteiger partial charge in [-0.25, -0.2) is 4.68 Å². The van der Waals surface area contributed by atoms with Crippen molar-refractivity contribution in [3.63, 3.8) is 0 Å². The van der Waals surface area contributed by atoms with Gasteiger partial charge in [0, 0.05) is 19.8 Å². The summed E-state index contributed by atoms with van der Waals surface area (Å²) in [4.78, 5) is 12.3. The quantitative estimate of drug-likeness (QED) is 0.832. The maximum absolute atomic E-state index is 12.3. The fourth-order valence-electron chi connectivity index (χ4n) is 2.60. The van der Waals surface area contributed by atoms with E-state index < -0.39 is 5.54 Å². The van der Waals surface area contributed by atoms with Crippen molar-refractivity contribution in [2.75, 3.05) is 25.1 Å². The monoisotopic (exact) mass is 357 g/mol. The van der Waals surface area contributed by atoms with Crippen molar-refractivity contribution in [2.45, 2.75) is 37.8 Å². The van der Waals surface area contributed by atoms with Gasteiger partial charge in [0.05, 0.1) is 24.0 Å². The number of hydrogen-bond donors (Lipinski definition) is 2. The van der Waals surface area contributed by atoms with E-state index >= 15 is 0 Å². The van der Waals surface area contributed by atoms with Gasteiger partial charge in [0.1, 0.15) is 4.47 Å². The molecule has 2 N–H and O–H groups in total. The van der Waals surface area contributed by atoms with Crippen molar-refractivity contribution in [2.24, 2.45) is 5.92 Å². The van der Waals surface area contributed by atoms with Gasteiger partial charge in [0.15, 0.2) is 0 Å². The lowest BCUT2D eigenvalue weighted by Crippen LogP contribution is -2.47. The van der Waals surface area contributed by atoms with Crippen LogP contribution in [0.25, 0.3) is 0 Å². The first kappa shape index (κ1) is 15.0. The van der Waals surface area contributed by atoms with E-state index in [9.17, 15) is 9.90 Å². The van der Waals surface area contributed by atoms with Crippen LogP contribution in [0.4, 0.5) is 5.69 Å². The molecule has 0 bridgehead atoms. The Morgan fingerprint density at radius 3 is 2.81 bits per heavy atom. The maximum Gasteiger partial charge on any atom is 0.283 e. The van der Waals surface area contributed by atoms with E-state index in [1.807, 2.05) is 0 Å². The normalized spacial score (nSPS) is 21.2. The Balaban J connectivity index is 1.81. The summed E-state index contributed by atoms with van der Waals surface area (Å²) < 4.78 is 7.34. The number of aliphatic hydroxyl groups is 1. The largest absolute Gasteiger partial charge is 0.394 e. The highest BCUT2D eigenvalue weighted by Gasteiger charge is 2.33. The molecule has 0 unspecified atom stereocenters. The number of hydrogen-bond acceptors (Lipinski definition) is 5. The molecule has 21 heavy (non-hydrogen) atoms. The summed E-state index contributed by atoms with van der Waals surface area (Å²) >= 11 is 3.37. The molecule has 1 saturated carbocycles. The summed E-state index contributed by atoms with van der Waals surface area (Å²) in [5, 5.41) is 17.3. The summed E-state index contributed by atoms with van der Waals surface area (Å²) in [7, 11) is 0. The number of halogens is 1. The second-order valence-electron chi connectivity index (χ2n) is 5.98. The van der Waals surface area contributed by atoms with E-state index in [1.54, 1.807) is 6.20 Å². The average molecular weight is 358 g/mol. The predicted octanol–water partition coefficient (Wildman–Crippen LogP) is 1.37. The Hall–Kier alpha value is -0.920. The zero-order chi connectivity index (χ0) is 14.9. The zero-order valence-electron chi connectivity index (χ0n) is 11.8. The molecule has 1 aliphatic heterocycles. The smallest absolute Gasteiger partial charge is 0.283 e. The molecule has 2 aliphatic rings. The standard InChI is InChI=1S/C14H20BrN3O3/c15-12-11(17-14(9-19)3-5-21-6-4-14)7-16-18(13(12)20)8-10-1-2-10/h7,10,17,19H,1-6,8-9H2. The number of rotatable bonds is 5. The molecular weight excluding hydrogens is 338 g/mol. The second kappa shape index (κ2) is 6.06. The summed E-state index contributed by atoms with van der Waals surface area (Å²) in [6.45, 7) is 1.92. The van der Waals surface area contributed by atoms with E-state index in [0.29, 0.717) is 48.7 Å². The lowest BCUT2D eigenvalue weighted by molar-refractivity contribution is 0.0379. The Kier molecular flexibility index (Phi) is 4.33. The average Bonchev–Trinajstić information content (AvgIpc) is 3.32. The molecule has 3 rings (SSSR count). The Bertz CT molecular complexity index is 565. The third kappa shape index (κ3) is 3.30. The highest BCUT2D eigenvalue weighted by atomic mass is 79.9. The van der Waals surface area contributed by atoms with Crippen molar-refractivity contribution < 1.29 is 9.84 Å². The third-order valence-corrected chi connectivity index (χ3v) is 5.03. The Morgan fingerprint density at radius 1 is 1.48 bits per heavy atom. The van der Waals surface area contributed by atoms with Crippen molar-refractivity contribution in [3.8, 4) is 0 Å². The van der Waals surface area contributed by atoms with Crippen molar-refractivity contribution in [1.82, 2.24) is 9.78 Å². The summed E-state index contributed by atoms with van der Waals surface area (Å²) in [5.74, 6) is 0.597. The molecule has 116 valence electrons. The molecule has 1 aromatic heterocycles. The number of nitrogens with one attached hydrogen (secondary N) is 1. The molecular formula is C14H20BrN3O3. The number of nitrogens with zero attached hydrogens (tertiary/aromatic N) is 2. The van der Waals surface area contributed by atoms with Crippen molar-refractivity contribution in [1.29, 1.82) is 0 Å². The fourth-order valence-corrected chi connectivity index (χ4v) is 3.00. The van der Waals surface area contributed by atoms with Crippen LogP contribution in [-0.2, 0) is 11.3 Å². The van der Waals surface area contributed by atoms with Gasteiger partial charge in [-0.05, 0) is 47.5 Å². The molecule has 2 fully saturated rings. The summed E-state index contributed by atoms with van der Waals surface area (Å²) in [6.07, 6.45) is 5.45. The first-order valence-corrected chi connectivity index (χ1v) is 8.15. The molecule has 2 heterocycles. The SMILES string of the molecule is O=c1c(Br)c(NC2(CO)CCOCC2)cnn1CC1CC1. The molecule has 0 radical (unpaired) electrons. The zero-order valence-corrected chi connectivity index (χ0v) is 13.4. The van der Waals surface area contributed by atoms with Crippen LogP contribution in [0.5, 0.6) is 0 Å². The van der Waals surface area contributed by atoms with Gasteiger partial charge in [-0.3, -0.25) is 4.79 Å². The highest BCUT2D eigenvalue weighted by Crippen LogP contribution is 2.31. The van der Waals surface area contributed by atoms with Crippen LogP contribution >= 0.6 is 15.9 Å². The van der Waals surface area contributed by atoms with E-state index in [4.69, 9.17) is 4.74 Å². The van der Waals surface area contributed by atoms with Gasteiger partial charge in [0.25, 0.3) is 5.56 Å². The first-order chi connectivity index (χ1) is 10.1. The second-order valence-corrected chi connectivity index (χ2v) is 6.77. The van der Waals surface area contributed by atoms with E-state index in [0.717, 1.165) is 0 Å². The highest BCUT2D eigenvalue weighted by molar-refractivity contribution is 9.10. The van der Waals surface area contributed by atoms with Crippen LogP contribution in [0.3, 0.4) is 0 Å². The molecule has 7 heteroatoms. The van der Waals surface area contributed by atoms with Crippen LogP contribution in [0.2, 0.25) is 0 Å². The Labute approximate surface area is 131 Å². The minimum Gasteiger partial charge on any atom is -0.394 e. The van der Waals surface area contributed by atoms with E-state index in [2.05, 4.69) is 26.3 Å². The lowest BCUT2D eigenvalue weighted by atomic mass is 9.91. The minimum atomic E-state index is -0.433. The van der Waals surface area contributed by atoms with Gasteiger partial charge in [-0.1, -0.05) is 0 Å². The molecule has 0 amide bonds. The van der Waals surface area contributed by atoms with Crippen LogP contribution in [0, 0.1) is 5.92 Å². The maximum atomic E-state index is 12.3. The Morgan fingerprint density at radius 2 is 2.19 bits per heavy atom. The van der Waals surface area contributed by atoms with Crippen LogP contribution in [-0.4, -0.2) is 40.2 Å². The topological polar surface area (TPSA) is 76.4 Å². The number of aromatic nitrogens is 2. The molecule has 1 aromatic rings. The number of aliphatic hydroxyl groups excluding tert-OH is 1. The van der Waals surface area contributed by atoms with Gasteiger partial charge in [0.2, 0.25) is 0 Å². The first-order valence-electron chi connectivity index (χ1n) is 7.36. The fraction of sp³-hybridized carbons (Fsp3) is 0.714. The molecule has 0 aromatic carbocycles. The molecule has 1 aliphatic carbocycles. The summed E-state index contributed by atoms with van der Waals surface area (Å²) in [5.41, 5.74) is 0.0902. The van der Waals surface area contributed by atoms with Crippen LogP contribution in [0.1, 0.15) is 25.7 Å². The lowest BCUT2D eigenvalue weighted by Gasteiger charge is -2.37. The summed E-state index contributed by atoms with van der Waals surface area (Å²) in [6, 6.07) is 0. The van der Waals surface area contributed by atoms with Gasteiger partial charge >= 0.3 is 0 Å². The van der Waals surface area contributed by atoms with Gasteiger partial charge < -0.3 is 15.2 Å². The molecule has 1 saturated heterocycles. The number of anilines is 1. The molecule has 0 atom stereocenters. The van der Waals surface area contributed by atoms with Gasteiger partial charge in [-0.15, -0.1) is 0 Å². The van der Waals surface area contributed by atoms with Crippen molar-refractivity contribution >= 4 is 21.6 Å². The minimum absolute atomic E-state index is 0.00790.